The van der Waals surface area contributed by atoms with Gasteiger partial charge in [-0.3, -0.25) is 0 Å². The minimum absolute atomic E-state index is 0.179. The van der Waals surface area contributed by atoms with E-state index in [4.69, 9.17) is 10.5 Å². The summed E-state index contributed by atoms with van der Waals surface area (Å²) in [6.45, 7) is 8.16. The molecule has 2 N–H and O–H groups in total. The molecule has 1 aromatic heterocycles. The number of benzene rings is 1. The first kappa shape index (κ1) is 14.0. The average molecular weight is 276 g/mol. The zero-order chi connectivity index (χ0) is 14.2. The zero-order valence-corrected chi connectivity index (χ0v) is 12.9. The maximum Gasteiger partial charge on any atom is 0.124 e. The maximum atomic E-state index is 6.45. The number of hydrogen-bond acceptors (Lipinski definition) is 4. The van der Waals surface area contributed by atoms with Gasteiger partial charge in [-0.1, -0.05) is 6.07 Å². The van der Waals surface area contributed by atoms with E-state index in [-0.39, 0.29) is 6.04 Å². The Hall–Kier alpha value is -1.39. The highest BCUT2D eigenvalue weighted by Gasteiger charge is 2.21. The number of nitrogens with two attached hydrogens (primary N) is 1. The molecule has 0 bridgehead atoms. The Morgan fingerprint density at radius 3 is 2.42 bits per heavy atom. The van der Waals surface area contributed by atoms with Crippen LogP contribution in [0.3, 0.4) is 0 Å². The van der Waals surface area contributed by atoms with Crippen LogP contribution < -0.4 is 10.5 Å². The van der Waals surface area contributed by atoms with Gasteiger partial charge in [0.05, 0.1) is 23.9 Å². The first-order valence-electron chi connectivity index (χ1n) is 6.28. The van der Waals surface area contributed by atoms with E-state index in [1.807, 2.05) is 19.9 Å². The number of aromatic nitrogens is 1. The van der Waals surface area contributed by atoms with Gasteiger partial charge in [0.2, 0.25) is 0 Å². The molecule has 0 aliphatic heterocycles. The molecule has 1 unspecified atom stereocenters. The van der Waals surface area contributed by atoms with E-state index in [1.165, 1.54) is 5.56 Å². The summed E-state index contributed by atoms with van der Waals surface area (Å²) in [6.07, 6.45) is 0. The van der Waals surface area contributed by atoms with E-state index >= 15 is 0 Å². The number of rotatable bonds is 3. The highest BCUT2D eigenvalue weighted by molar-refractivity contribution is 7.11. The topological polar surface area (TPSA) is 48.1 Å². The number of ether oxygens (including phenoxy) is 1. The molecular weight excluding hydrogens is 256 g/mol. The summed E-state index contributed by atoms with van der Waals surface area (Å²) in [5.74, 6) is 0.857. The van der Waals surface area contributed by atoms with E-state index in [2.05, 4.69) is 24.9 Å². The normalized spacial score (nSPS) is 12.5. The number of hydrogen-bond donors (Lipinski definition) is 1. The highest BCUT2D eigenvalue weighted by atomic mass is 32.1. The Morgan fingerprint density at radius 1 is 1.21 bits per heavy atom. The lowest BCUT2D eigenvalue weighted by Crippen LogP contribution is -2.14. The first-order chi connectivity index (χ1) is 8.93. The van der Waals surface area contributed by atoms with E-state index in [9.17, 15) is 0 Å². The van der Waals surface area contributed by atoms with Crippen molar-refractivity contribution in [1.29, 1.82) is 0 Å². The van der Waals surface area contributed by atoms with Crippen LogP contribution in [-0.2, 0) is 0 Å². The van der Waals surface area contributed by atoms with Gasteiger partial charge in [-0.2, -0.15) is 0 Å². The van der Waals surface area contributed by atoms with Crippen molar-refractivity contribution in [1.82, 2.24) is 4.98 Å². The van der Waals surface area contributed by atoms with Crippen LogP contribution in [0.25, 0.3) is 0 Å². The molecule has 102 valence electrons. The molecule has 0 aliphatic rings. The molecule has 0 saturated heterocycles. The predicted octanol–water partition coefficient (Wildman–Crippen LogP) is 3.43. The summed E-state index contributed by atoms with van der Waals surface area (Å²) in [6, 6.07) is 3.99. The number of nitrogens with zero attached hydrogens (tertiary/aromatic N) is 1. The molecule has 0 fully saturated rings. The van der Waals surface area contributed by atoms with Crippen molar-refractivity contribution >= 4 is 11.3 Å². The van der Waals surface area contributed by atoms with Gasteiger partial charge in [-0.05, 0) is 44.9 Å². The average Bonchev–Trinajstić information content (AvgIpc) is 2.66. The van der Waals surface area contributed by atoms with Crippen LogP contribution in [0.5, 0.6) is 5.75 Å². The second-order valence-corrected chi connectivity index (χ2v) is 6.09. The zero-order valence-electron chi connectivity index (χ0n) is 12.1. The molecule has 2 rings (SSSR count). The molecule has 0 aliphatic carbocycles. The smallest absolute Gasteiger partial charge is 0.124 e. The van der Waals surface area contributed by atoms with Crippen LogP contribution in [0.15, 0.2) is 12.1 Å². The van der Waals surface area contributed by atoms with Crippen LogP contribution in [0.2, 0.25) is 0 Å². The second kappa shape index (κ2) is 5.31. The lowest BCUT2D eigenvalue weighted by molar-refractivity contribution is 0.407. The highest BCUT2D eigenvalue weighted by Crippen LogP contribution is 2.35. The van der Waals surface area contributed by atoms with Crippen molar-refractivity contribution in [3.8, 4) is 5.75 Å². The molecule has 0 saturated carbocycles. The van der Waals surface area contributed by atoms with Gasteiger partial charge in [-0.15, -0.1) is 11.3 Å². The van der Waals surface area contributed by atoms with Crippen LogP contribution in [0, 0.1) is 27.7 Å². The van der Waals surface area contributed by atoms with Crippen LogP contribution in [-0.4, -0.2) is 12.1 Å². The Morgan fingerprint density at radius 2 is 1.89 bits per heavy atom. The predicted molar refractivity (Wildman–Crippen MR) is 80.1 cm³/mol. The van der Waals surface area contributed by atoms with Gasteiger partial charge in [0.25, 0.3) is 0 Å². The van der Waals surface area contributed by atoms with Crippen LogP contribution in [0.1, 0.15) is 38.3 Å². The lowest BCUT2D eigenvalue weighted by atomic mass is 9.97. The summed E-state index contributed by atoms with van der Waals surface area (Å²) in [4.78, 5) is 5.57. The quantitative estimate of drug-likeness (QED) is 0.934. The van der Waals surface area contributed by atoms with E-state index in [1.54, 1.807) is 18.4 Å². The molecule has 0 spiro atoms. The Bertz CT molecular complexity index is 604. The number of thiazole rings is 1. The van der Waals surface area contributed by atoms with Crippen molar-refractivity contribution in [2.75, 3.05) is 7.11 Å². The molecule has 1 aromatic carbocycles. The van der Waals surface area contributed by atoms with E-state index in [0.717, 1.165) is 32.5 Å². The van der Waals surface area contributed by atoms with Gasteiger partial charge >= 0.3 is 0 Å². The fraction of sp³-hybridized carbons (Fsp3) is 0.400. The second-order valence-electron chi connectivity index (χ2n) is 4.86. The lowest BCUT2D eigenvalue weighted by Gasteiger charge is -2.18. The fourth-order valence-electron chi connectivity index (χ4n) is 2.47. The monoisotopic (exact) mass is 276 g/mol. The summed E-state index contributed by atoms with van der Waals surface area (Å²) in [7, 11) is 1.69. The molecule has 19 heavy (non-hydrogen) atoms. The summed E-state index contributed by atoms with van der Waals surface area (Å²) in [5.41, 5.74) is 10.9. The maximum absolute atomic E-state index is 6.45. The van der Waals surface area contributed by atoms with Crippen molar-refractivity contribution in [3.63, 3.8) is 0 Å². The largest absolute Gasteiger partial charge is 0.496 e. The number of methoxy groups -OCH3 is 1. The molecule has 0 radical (unpaired) electrons. The van der Waals surface area contributed by atoms with Gasteiger partial charge in [0.15, 0.2) is 0 Å². The third kappa shape index (κ3) is 2.65. The minimum Gasteiger partial charge on any atom is -0.496 e. The summed E-state index contributed by atoms with van der Waals surface area (Å²) >= 11 is 1.66. The Kier molecular flexibility index (Phi) is 3.92. The Balaban J connectivity index is 2.55. The molecule has 4 heteroatoms. The van der Waals surface area contributed by atoms with Crippen molar-refractivity contribution in [2.45, 2.75) is 33.7 Å². The molecular formula is C15H20N2OS. The van der Waals surface area contributed by atoms with E-state index < -0.39 is 0 Å². The van der Waals surface area contributed by atoms with Gasteiger partial charge in [0, 0.05) is 10.4 Å². The fourth-order valence-corrected chi connectivity index (χ4v) is 3.41. The third-order valence-corrected chi connectivity index (χ3v) is 4.40. The molecule has 2 aromatic rings. The Labute approximate surface area is 118 Å². The van der Waals surface area contributed by atoms with Crippen LogP contribution >= 0.6 is 11.3 Å². The minimum atomic E-state index is -0.179. The molecule has 0 amide bonds. The van der Waals surface area contributed by atoms with E-state index in [0.29, 0.717) is 0 Å². The van der Waals surface area contributed by atoms with Crippen molar-refractivity contribution in [2.24, 2.45) is 5.73 Å². The molecule has 1 heterocycles. The summed E-state index contributed by atoms with van der Waals surface area (Å²) < 4.78 is 5.50. The SMILES string of the molecule is COc1cc(C)cc(C)c1C(N)c1sc(C)nc1C. The molecule has 3 nitrogen and oxygen atoms in total. The van der Waals surface area contributed by atoms with Crippen LogP contribution in [0.4, 0.5) is 0 Å². The van der Waals surface area contributed by atoms with Gasteiger partial charge in [0.1, 0.15) is 5.75 Å². The van der Waals surface area contributed by atoms with Gasteiger partial charge in [-0.25, -0.2) is 4.98 Å². The number of aryl methyl sites for hydroxylation is 4. The van der Waals surface area contributed by atoms with Crippen molar-refractivity contribution in [3.05, 3.63) is 44.4 Å². The first-order valence-corrected chi connectivity index (χ1v) is 7.10. The summed E-state index contributed by atoms with van der Waals surface area (Å²) in [5, 5.41) is 1.05. The van der Waals surface area contributed by atoms with Crippen molar-refractivity contribution < 1.29 is 4.74 Å². The standard InChI is InChI=1S/C15H20N2OS/c1-8-6-9(2)13(12(7-8)18-5)14(16)15-10(3)17-11(4)19-15/h6-7,14H,16H2,1-5H3. The third-order valence-electron chi connectivity index (χ3n) is 3.25. The van der Waals surface area contributed by atoms with Gasteiger partial charge < -0.3 is 10.5 Å². The molecule has 1 atom stereocenters.